The molecule has 1 atom stereocenters. The van der Waals surface area contributed by atoms with Crippen LogP contribution in [0, 0.1) is 0 Å². The summed E-state index contributed by atoms with van der Waals surface area (Å²) in [7, 11) is 0. The molecule has 0 aromatic heterocycles. The van der Waals surface area contributed by atoms with Crippen LogP contribution in [0.2, 0.25) is 0 Å². The van der Waals surface area contributed by atoms with Gasteiger partial charge in [-0.2, -0.15) is 0 Å². The Morgan fingerprint density at radius 2 is 2.19 bits per heavy atom. The van der Waals surface area contributed by atoms with Crippen LogP contribution in [0.1, 0.15) is 32.6 Å². The van der Waals surface area contributed by atoms with Crippen LogP contribution >= 0.6 is 0 Å². The van der Waals surface area contributed by atoms with Gasteiger partial charge < -0.3 is 14.2 Å². The highest BCUT2D eigenvalue weighted by atomic mass is 16.7. The maximum Gasteiger partial charge on any atom is 0.303 e. The van der Waals surface area contributed by atoms with Crippen molar-refractivity contribution in [2.75, 3.05) is 13.2 Å². The predicted molar refractivity (Wildman–Crippen MR) is 55.7 cm³/mol. The first-order valence-electron chi connectivity index (χ1n) is 5.84. The number of carbonyl (C=O) groups is 1. The zero-order valence-corrected chi connectivity index (χ0v) is 9.45. The van der Waals surface area contributed by atoms with Gasteiger partial charge in [0.15, 0.2) is 5.79 Å². The highest BCUT2D eigenvalue weighted by molar-refractivity contribution is 5.67. The van der Waals surface area contributed by atoms with Crippen molar-refractivity contribution < 1.29 is 19.0 Å². The summed E-state index contributed by atoms with van der Waals surface area (Å²) >= 11 is 0. The largest absolute Gasteiger partial charge is 0.458 e. The molecular weight excluding hydrogens is 208 g/mol. The summed E-state index contributed by atoms with van der Waals surface area (Å²) in [5, 5.41) is 0. The first-order chi connectivity index (χ1) is 7.69. The monoisotopic (exact) mass is 224 g/mol. The zero-order chi connectivity index (χ0) is 11.2. The number of ether oxygens (including phenoxy) is 3. The van der Waals surface area contributed by atoms with E-state index < -0.39 is 0 Å². The van der Waals surface area contributed by atoms with Gasteiger partial charge in [0.25, 0.3) is 0 Å². The third kappa shape index (κ3) is 1.57. The number of carbonyl (C=O) groups excluding carboxylic acids is 1. The van der Waals surface area contributed by atoms with Crippen LogP contribution in [0.3, 0.4) is 0 Å². The average Bonchev–Trinajstić information content (AvgIpc) is 2.64. The fraction of sp³-hybridized carbons (Fsp3) is 0.750. The molecule has 2 aliphatic carbocycles. The Hall–Kier alpha value is -0.870. The van der Waals surface area contributed by atoms with Crippen molar-refractivity contribution in [3.8, 4) is 0 Å². The Labute approximate surface area is 94.5 Å². The second kappa shape index (κ2) is 3.57. The highest BCUT2D eigenvalue weighted by Crippen LogP contribution is 2.47. The topological polar surface area (TPSA) is 44.8 Å². The van der Waals surface area contributed by atoms with Crippen molar-refractivity contribution in [3.05, 3.63) is 11.1 Å². The van der Waals surface area contributed by atoms with Gasteiger partial charge in [-0.3, -0.25) is 4.79 Å². The zero-order valence-electron chi connectivity index (χ0n) is 9.45. The van der Waals surface area contributed by atoms with Gasteiger partial charge in [0.2, 0.25) is 0 Å². The lowest BCUT2D eigenvalue weighted by molar-refractivity contribution is -0.169. The van der Waals surface area contributed by atoms with Crippen LogP contribution < -0.4 is 0 Å². The van der Waals surface area contributed by atoms with Crippen molar-refractivity contribution in [2.24, 2.45) is 0 Å². The number of hydrogen-bond acceptors (Lipinski definition) is 4. The van der Waals surface area contributed by atoms with Crippen LogP contribution in [0.5, 0.6) is 0 Å². The summed E-state index contributed by atoms with van der Waals surface area (Å²) in [6.45, 7) is 2.87. The number of hydrogen-bond donors (Lipinski definition) is 0. The highest BCUT2D eigenvalue weighted by Gasteiger charge is 2.46. The van der Waals surface area contributed by atoms with E-state index in [9.17, 15) is 4.79 Å². The minimum Gasteiger partial charge on any atom is -0.458 e. The minimum atomic E-state index is -0.347. The van der Waals surface area contributed by atoms with Crippen molar-refractivity contribution in [2.45, 2.75) is 44.5 Å². The van der Waals surface area contributed by atoms with E-state index in [-0.39, 0.29) is 17.9 Å². The Balaban J connectivity index is 1.69. The Morgan fingerprint density at radius 1 is 1.44 bits per heavy atom. The molecular formula is C12H16O4. The van der Waals surface area contributed by atoms with Gasteiger partial charge in [-0.15, -0.1) is 0 Å². The second-order valence-electron chi connectivity index (χ2n) is 4.72. The van der Waals surface area contributed by atoms with Gasteiger partial charge in [-0.1, -0.05) is 5.57 Å². The lowest BCUT2D eigenvalue weighted by Crippen LogP contribution is -2.41. The number of esters is 1. The molecule has 0 radical (unpaired) electrons. The molecule has 0 aromatic rings. The van der Waals surface area contributed by atoms with Gasteiger partial charge in [-0.25, -0.2) is 0 Å². The smallest absolute Gasteiger partial charge is 0.303 e. The first-order valence-corrected chi connectivity index (χ1v) is 5.84. The van der Waals surface area contributed by atoms with Crippen molar-refractivity contribution in [3.63, 3.8) is 0 Å². The summed E-state index contributed by atoms with van der Waals surface area (Å²) in [4.78, 5) is 10.9. The molecule has 3 rings (SSSR count). The minimum absolute atomic E-state index is 0.0336. The van der Waals surface area contributed by atoms with E-state index in [1.807, 2.05) is 0 Å². The van der Waals surface area contributed by atoms with Gasteiger partial charge in [0, 0.05) is 26.2 Å². The first kappa shape index (κ1) is 10.3. The lowest BCUT2D eigenvalue weighted by atomic mass is 9.73. The molecule has 0 N–H and O–H groups in total. The van der Waals surface area contributed by atoms with Gasteiger partial charge in [0.05, 0.1) is 13.2 Å². The summed E-state index contributed by atoms with van der Waals surface area (Å²) in [5.41, 5.74) is 2.68. The van der Waals surface area contributed by atoms with Crippen molar-refractivity contribution in [1.82, 2.24) is 0 Å². The van der Waals surface area contributed by atoms with E-state index in [2.05, 4.69) is 0 Å². The standard InChI is InChI=1S/C12H16O4/c1-8(13)16-11-6-9-7-12(3-2-10(9)11)14-4-5-15-12/h11H,2-7H2,1H3. The fourth-order valence-corrected chi connectivity index (χ4v) is 2.89. The molecule has 1 saturated heterocycles. The molecule has 3 aliphatic rings. The average molecular weight is 224 g/mol. The Kier molecular flexibility index (Phi) is 2.30. The third-order valence-corrected chi connectivity index (χ3v) is 3.65. The molecule has 0 amide bonds. The van der Waals surface area contributed by atoms with E-state index in [0.29, 0.717) is 13.2 Å². The summed E-state index contributed by atoms with van der Waals surface area (Å²) < 4.78 is 16.6. The van der Waals surface area contributed by atoms with Gasteiger partial charge in [0.1, 0.15) is 6.10 Å². The van der Waals surface area contributed by atoms with Crippen LogP contribution in [0.25, 0.3) is 0 Å². The van der Waals surface area contributed by atoms with Crippen LogP contribution in [-0.2, 0) is 19.0 Å². The normalized spacial score (nSPS) is 31.2. The third-order valence-electron chi connectivity index (χ3n) is 3.65. The molecule has 0 bridgehead atoms. The molecule has 16 heavy (non-hydrogen) atoms. The van der Waals surface area contributed by atoms with E-state index >= 15 is 0 Å². The van der Waals surface area contributed by atoms with Gasteiger partial charge in [-0.05, 0) is 12.0 Å². The molecule has 0 saturated carbocycles. The molecule has 1 heterocycles. The molecule has 4 nitrogen and oxygen atoms in total. The molecule has 1 fully saturated rings. The summed E-state index contributed by atoms with van der Waals surface area (Å²) in [6, 6.07) is 0. The maximum atomic E-state index is 10.9. The molecule has 1 aliphatic heterocycles. The molecule has 88 valence electrons. The van der Waals surface area contributed by atoms with Gasteiger partial charge >= 0.3 is 5.97 Å². The van der Waals surface area contributed by atoms with Crippen LogP contribution in [-0.4, -0.2) is 31.1 Å². The van der Waals surface area contributed by atoms with Crippen LogP contribution in [0.4, 0.5) is 0 Å². The summed E-state index contributed by atoms with van der Waals surface area (Å²) in [6.07, 6.45) is 3.59. The van der Waals surface area contributed by atoms with E-state index in [1.165, 1.54) is 18.1 Å². The predicted octanol–water partition coefficient (Wildman–Crippen LogP) is 1.55. The SMILES string of the molecule is CC(=O)OC1CC2=C1CCC1(C2)OCCO1. The fourth-order valence-electron chi connectivity index (χ4n) is 2.89. The molecule has 1 spiro atoms. The summed E-state index contributed by atoms with van der Waals surface area (Å²) in [5.74, 6) is -0.537. The van der Waals surface area contributed by atoms with Crippen LogP contribution in [0.15, 0.2) is 11.1 Å². The quantitative estimate of drug-likeness (QED) is 0.500. The molecule has 0 aromatic carbocycles. The molecule has 1 unspecified atom stereocenters. The van der Waals surface area contributed by atoms with Crippen molar-refractivity contribution >= 4 is 5.97 Å². The Morgan fingerprint density at radius 3 is 2.81 bits per heavy atom. The lowest BCUT2D eigenvalue weighted by Gasteiger charge is -2.42. The van der Waals surface area contributed by atoms with E-state index in [4.69, 9.17) is 14.2 Å². The Bertz CT molecular complexity index is 352. The van der Waals surface area contributed by atoms with E-state index in [1.54, 1.807) is 0 Å². The van der Waals surface area contributed by atoms with Crippen molar-refractivity contribution in [1.29, 1.82) is 0 Å². The second-order valence-corrected chi connectivity index (χ2v) is 4.72. The molecule has 4 heteroatoms. The number of rotatable bonds is 1. The van der Waals surface area contributed by atoms with E-state index in [0.717, 1.165) is 25.7 Å². The maximum absolute atomic E-state index is 10.9.